The lowest BCUT2D eigenvalue weighted by Crippen LogP contribution is -2.46. The Morgan fingerprint density at radius 2 is 1.84 bits per heavy atom. The van der Waals surface area contributed by atoms with Gasteiger partial charge in [0.25, 0.3) is 0 Å². The van der Waals surface area contributed by atoms with Crippen LogP contribution in [0.3, 0.4) is 0 Å². The van der Waals surface area contributed by atoms with Gasteiger partial charge in [-0.3, -0.25) is 4.79 Å². The van der Waals surface area contributed by atoms with Crippen LogP contribution >= 0.6 is 0 Å². The molecule has 0 N–H and O–H groups in total. The molecule has 1 amide bonds. The van der Waals surface area contributed by atoms with E-state index in [0.717, 1.165) is 38.8 Å². The summed E-state index contributed by atoms with van der Waals surface area (Å²) in [5.74, 6) is 0.803. The van der Waals surface area contributed by atoms with Crippen LogP contribution in [-0.4, -0.2) is 23.9 Å². The molecule has 0 bridgehead atoms. The van der Waals surface area contributed by atoms with E-state index >= 15 is 0 Å². The topological polar surface area (TPSA) is 44.1 Å². The van der Waals surface area contributed by atoms with Gasteiger partial charge in [-0.05, 0) is 38.5 Å². The molecule has 0 spiro atoms. The van der Waals surface area contributed by atoms with Gasteiger partial charge in [0.2, 0.25) is 5.91 Å². The minimum absolute atomic E-state index is 0.117. The van der Waals surface area contributed by atoms with Crippen LogP contribution in [-0.2, 0) is 4.79 Å². The van der Waals surface area contributed by atoms with Gasteiger partial charge in [-0.2, -0.15) is 5.26 Å². The quantitative estimate of drug-likeness (QED) is 0.728. The Bertz CT molecular complexity index is 346. The Morgan fingerprint density at radius 1 is 1.21 bits per heavy atom. The molecule has 106 valence electrons. The van der Waals surface area contributed by atoms with Gasteiger partial charge in [-0.25, -0.2) is 0 Å². The fourth-order valence-electron chi connectivity index (χ4n) is 3.35. The van der Waals surface area contributed by atoms with Crippen molar-refractivity contribution in [2.45, 2.75) is 64.7 Å². The lowest BCUT2D eigenvalue weighted by molar-refractivity contribution is -0.140. The molecule has 2 saturated carbocycles. The van der Waals surface area contributed by atoms with Crippen molar-refractivity contribution < 1.29 is 4.79 Å². The van der Waals surface area contributed by atoms with E-state index in [1.165, 1.54) is 32.1 Å². The molecular formula is C16H26N2O. The molecule has 0 aromatic rings. The lowest BCUT2D eigenvalue weighted by atomic mass is 9.79. The highest BCUT2D eigenvalue weighted by Gasteiger charge is 2.41. The Morgan fingerprint density at radius 3 is 2.26 bits per heavy atom. The number of nitriles is 1. The molecule has 0 heterocycles. The third-order valence-corrected chi connectivity index (χ3v) is 4.95. The average Bonchev–Trinajstić information content (AvgIpc) is 2.63. The second-order valence-corrected chi connectivity index (χ2v) is 6.25. The van der Waals surface area contributed by atoms with Crippen molar-refractivity contribution in [3.05, 3.63) is 0 Å². The summed E-state index contributed by atoms with van der Waals surface area (Å²) in [7, 11) is 0. The summed E-state index contributed by atoms with van der Waals surface area (Å²) >= 11 is 0. The maximum atomic E-state index is 12.8. The second kappa shape index (κ2) is 6.41. The Kier molecular flexibility index (Phi) is 4.85. The van der Waals surface area contributed by atoms with Crippen LogP contribution < -0.4 is 0 Å². The molecule has 2 aliphatic carbocycles. The molecule has 0 unspecified atom stereocenters. The van der Waals surface area contributed by atoms with Gasteiger partial charge in [-0.1, -0.05) is 32.1 Å². The zero-order valence-corrected chi connectivity index (χ0v) is 12.2. The number of rotatable bonds is 4. The zero-order valence-electron chi connectivity index (χ0n) is 12.2. The van der Waals surface area contributed by atoms with Gasteiger partial charge in [0.15, 0.2) is 0 Å². The minimum Gasteiger partial charge on any atom is -0.341 e. The molecule has 0 radical (unpaired) electrons. The van der Waals surface area contributed by atoms with Gasteiger partial charge in [0, 0.05) is 13.1 Å². The number of nitrogens with zero attached hydrogens (tertiary/aromatic N) is 2. The number of hydrogen-bond donors (Lipinski definition) is 0. The van der Waals surface area contributed by atoms with E-state index in [9.17, 15) is 10.1 Å². The summed E-state index contributed by atoms with van der Waals surface area (Å²) in [4.78, 5) is 14.8. The van der Waals surface area contributed by atoms with Crippen LogP contribution in [0.1, 0.15) is 64.7 Å². The van der Waals surface area contributed by atoms with Gasteiger partial charge < -0.3 is 4.90 Å². The van der Waals surface area contributed by atoms with Crippen LogP contribution in [0.4, 0.5) is 0 Å². The van der Waals surface area contributed by atoms with Crippen LogP contribution in [0.15, 0.2) is 0 Å². The number of carbonyl (C=O) groups is 1. The molecule has 2 rings (SSSR count). The molecule has 2 fully saturated rings. The SMILES string of the molecule is CCN(CC1CCC1)C(=O)C1(C#N)CCCCCC1. The van der Waals surface area contributed by atoms with Crippen LogP contribution in [0, 0.1) is 22.7 Å². The van der Waals surface area contributed by atoms with Crippen molar-refractivity contribution in [3.63, 3.8) is 0 Å². The smallest absolute Gasteiger partial charge is 0.243 e. The summed E-state index contributed by atoms with van der Waals surface area (Å²) in [6.45, 7) is 3.66. The highest BCUT2D eigenvalue weighted by atomic mass is 16.2. The van der Waals surface area contributed by atoms with E-state index in [2.05, 4.69) is 6.07 Å². The van der Waals surface area contributed by atoms with E-state index in [0.29, 0.717) is 5.92 Å². The first-order valence-electron chi connectivity index (χ1n) is 7.92. The first kappa shape index (κ1) is 14.4. The third kappa shape index (κ3) is 3.11. The van der Waals surface area contributed by atoms with Crippen LogP contribution in [0.25, 0.3) is 0 Å². The number of amides is 1. The molecule has 0 aromatic heterocycles. The fourth-order valence-corrected chi connectivity index (χ4v) is 3.35. The van der Waals surface area contributed by atoms with Gasteiger partial charge in [0.05, 0.1) is 6.07 Å². The van der Waals surface area contributed by atoms with E-state index in [-0.39, 0.29) is 5.91 Å². The van der Waals surface area contributed by atoms with Gasteiger partial charge >= 0.3 is 0 Å². The van der Waals surface area contributed by atoms with Gasteiger partial charge in [0.1, 0.15) is 5.41 Å². The fraction of sp³-hybridized carbons (Fsp3) is 0.875. The first-order valence-corrected chi connectivity index (χ1v) is 7.92. The summed E-state index contributed by atoms with van der Waals surface area (Å²) in [6, 6.07) is 2.39. The van der Waals surface area contributed by atoms with E-state index in [1.54, 1.807) is 0 Å². The maximum Gasteiger partial charge on any atom is 0.243 e. The Balaban J connectivity index is 2.06. The molecule has 3 nitrogen and oxygen atoms in total. The van der Waals surface area contributed by atoms with Gasteiger partial charge in [-0.15, -0.1) is 0 Å². The van der Waals surface area contributed by atoms with Crippen molar-refractivity contribution in [1.29, 1.82) is 5.26 Å². The van der Waals surface area contributed by atoms with Crippen molar-refractivity contribution in [2.24, 2.45) is 11.3 Å². The van der Waals surface area contributed by atoms with Crippen molar-refractivity contribution >= 4 is 5.91 Å². The van der Waals surface area contributed by atoms with Crippen molar-refractivity contribution in [3.8, 4) is 6.07 Å². The molecule has 2 aliphatic rings. The number of carbonyl (C=O) groups excluding carboxylic acids is 1. The normalized spacial score (nSPS) is 22.9. The molecule has 0 aromatic carbocycles. The largest absolute Gasteiger partial charge is 0.341 e. The minimum atomic E-state index is -0.712. The zero-order chi connectivity index (χ0) is 13.7. The van der Waals surface area contributed by atoms with Crippen molar-refractivity contribution in [1.82, 2.24) is 4.90 Å². The molecule has 3 heteroatoms. The summed E-state index contributed by atoms with van der Waals surface area (Å²) < 4.78 is 0. The standard InChI is InChI=1S/C16H26N2O/c1-2-18(12-14-8-7-9-14)15(19)16(13-17)10-5-3-4-6-11-16/h14H,2-12H2,1H3. The highest BCUT2D eigenvalue weighted by Crippen LogP contribution is 2.37. The highest BCUT2D eigenvalue weighted by molar-refractivity contribution is 5.85. The lowest BCUT2D eigenvalue weighted by Gasteiger charge is -2.36. The van der Waals surface area contributed by atoms with Crippen LogP contribution in [0.2, 0.25) is 0 Å². The van der Waals surface area contributed by atoms with E-state index in [4.69, 9.17) is 0 Å². The van der Waals surface area contributed by atoms with Crippen LogP contribution in [0.5, 0.6) is 0 Å². The monoisotopic (exact) mass is 262 g/mol. The van der Waals surface area contributed by atoms with Crippen molar-refractivity contribution in [2.75, 3.05) is 13.1 Å². The molecule has 0 aliphatic heterocycles. The summed E-state index contributed by atoms with van der Waals surface area (Å²) in [5.41, 5.74) is -0.712. The Hall–Kier alpha value is -1.04. The van der Waals surface area contributed by atoms with E-state index < -0.39 is 5.41 Å². The second-order valence-electron chi connectivity index (χ2n) is 6.25. The number of hydrogen-bond acceptors (Lipinski definition) is 2. The average molecular weight is 262 g/mol. The Labute approximate surface area is 117 Å². The predicted molar refractivity (Wildman–Crippen MR) is 75.3 cm³/mol. The molecular weight excluding hydrogens is 236 g/mol. The maximum absolute atomic E-state index is 12.8. The molecule has 19 heavy (non-hydrogen) atoms. The summed E-state index contributed by atoms with van der Waals surface area (Å²) in [5, 5.41) is 9.59. The molecule has 0 saturated heterocycles. The first-order chi connectivity index (χ1) is 9.22. The predicted octanol–water partition coefficient (Wildman–Crippen LogP) is 3.50. The summed E-state index contributed by atoms with van der Waals surface area (Å²) in [6.07, 6.45) is 9.75. The third-order valence-electron chi connectivity index (χ3n) is 4.95. The van der Waals surface area contributed by atoms with E-state index in [1.807, 2.05) is 11.8 Å². The molecule has 0 atom stereocenters.